The number of hydrogen-bond acceptors (Lipinski definition) is 6. The Labute approximate surface area is 198 Å². The molecule has 0 radical (unpaired) electrons. The number of carbonyl (C=O) groups is 1. The van der Waals surface area contributed by atoms with E-state index in [0.717, 1.165) is 39.2 Å². The first-order valence-electron chi connectivity index (χ1n) is 10.9. The molecule has 1 fully saturated rings. The molecular weight excluding hydrogens is 507 g/mol. The third-order valence-corrected chi connectivity index (χ3v) is 6.13. The van der Waals surface area contributed by atoms with Crippen LogP contribution in [0.2, 0.25) is 0 Å². The molecule has 1 atom stereocenters. The molecule has 1 amide bonds. The van der Waals surface area contributed by atoms with Gasteiger partial charge in [0.15, 0.2) is 0 Å². The summed E-state index contributed by atoms with van der Waals surface area (Å²) in [5.41, 5.74) is 3.32. The third kappa shape index (κ3) is 7.13. The summed E-state index contributed by atoms with van der Waals surface area (Å²) in [5, 5.41) is 14.9. The summed E-state index contributed by atoms with van der Waals surface area (Å²) in [5.74, 6) is 0.659. The minimum atomic E-state index is -0.363. The Hall–Kier alpha value is -1.75. The molecular formula is C22H33IN6O2. The molecule has 2 N–H and O–H groups in total. The SMILES string of the molecule is CCc1nc(-c2nnn(C)c2CNC[C@H](CC2CC2)OC(=O)NC(C)(C)C)ccc1I. The van der Waals surface area contributed by atoms with Gasteiger partial charge in [0, 0.05) is 29.2 Å². The van der Waals surface area contributed by atoms with Crippen LogP contribution in [0.4, 0.5) is 4.79 Å². The maximum Gasteiger partial charge on any atom is 0.407 e. The Morgan fingerprint density at radius 1 is 1.35 bits per heavy atom. The van der Waals surface area contributed by atoms with Crippen molar-refractivity contribution in [1.29, 1.82) is 0 Å². The predicted molar refractivity (Wildman–Crippen MR) is 129 cm³/mol. The van der Waals surface area contributed by atoms with Gasteiger partial charge in [-0.2, -0.15) is 0 Å². The van der Waals surface area contributed by atoms with Crippen molar-refractivity contribution in [2.75, 3.05) is 6.54 Å². The fourth-order valence-electron chi connectivity index (χ4n) is 3.38. The zero-order chi connectivity index (χ0) is 22.6. The average Bonchev–Trinajstić information content (AvgIpc) is 3.42. The summed E-state index contributed by atoms with van der Waals surface area (Å²) in [6.07, 6.45) is 3.67. The number of nitrogens with one attached hydrogen (secondary N) is 2. The van der Waals surface area contributed by atoms with E-state index < -0.39 is 0 Å². The maximum absolute atomic E-state index is 12.2. The number of aryl methyl sites for hydroxylation is 2. The van der Waals surface area contributed by atoms with E-state index >= 15 is 0 Å². The molecule has 8 nitrogen and oxygen atoms in total. The number of amides is 1. The number of alkyl carbamates (subject to hydrolysis) is 1. The lowest BCUT2D eigenvalue weighted by Gasteiger charge is -2.24. The number of nitrogens with zero attached hydrogens (tertiary/aromatic N) is 4. The van der Waals surface area contributed by atoms with Gasteiger partial charge >= 0.3 is 6.09 Å². The van der Waals surface area contributed by atoms with E-state index in [2.05, 4.69) is 56.5 Å². The van der Waals surface area contributed by atoms with E-state index in [1.165, 1.54) is 12.8 Å². The second-order valence-electron chi connectivity index (χ2n) is 9.20. The summed E-state index contributed by atoms with van der Waals surface area (Å²) in [7, 11) is 1.88. The van der Waals surface area contributed by atoms with Crippen molar-refractivity contribution in [3.8, 4) is 11.4 Å². The van der Waals surface area contributed by atoms with Crippen molar-refractivity contribution < 1.29 is 9.53 Å². The van der Waals surface area contributed by atoms with Crippen molar-refractivity contribution in [2.24, 2.45) is 13.0 Å². The van der Waals surface area contributed by atoms with Gasteiger partial charge in [0.2, 0.25) is 0 Å². The van der Waals surface area contributed by atoms with Gasteiger partial charge in [-0.25, -0.2) is 9.78 Å². The first kappa shape index (κ1) is 23.9. The number of rotatable bonds is 9. The average molecular weight is 540 g/mol. The fourth-order valence-corrected chi connectivity index (χ4v) is 4.06. The molecule has 0 bridgehead atoms. The second kappa shape index (κ2) is 10.2. The first-order valence-corrected chi connectivity index (χ1v) is 12.0. The normalized spacial score (nSPS) is 15.0. The fraction of sp³-hybridized carbons (Fsp3) is 0.636. The highest BCUT2D eigenvalue weighted by Gasteiger charge is 2.28. The van der Waals surface area contributed by atoms with Crippen molar-refractivity contribution in [2.45, 2.75) is 71.6 Å². The Kier molecular flexibility index (Phi) is 7.90. The monoisotopic (exact) mass is 540 g/mol. The number of ether oxygens (including phenoxy) is 1. The smallest absolute Gasteiger partial charge is 0.407 e. The van der Waals surface area contributed by atoms with Crippen LogP contribution in [0.15, 0.2) is 12.1 Å². The molecule has 0 aliphatic heterocycles. The Morgan fingerprint density at radius 3 is 2.74 bits per heavy atom. The van der Waals surface area contributed by atoms with Gasteiger partial charge in [0.1, 0.15) is 11.8 Å². The summed E-state index contributed by atoms with van der Waals surface area (Å²) in [6, 6.07) is 4.06. The standard InChI is InChI=1S/C22H33IN6O2/c1-6-17-16(23)9-10-18(25-17)20-19(29(5)28-27-20)13-24-12-15(11-14-7-8-14)31-21(30)26-22(2,3)4/h9-10,14-15,24H,6-8,11-13H2,1-5H3,(H,26,30)/t15-/m0/s1. The first-order chi connectivity index (χ1) is 14.7. The topological polar surface area (TPSA) is 94.0 Å². The third-order valence-electron chi connectivity index (χ3n) is 5.15. The molecule has 3 rings (SSSR count). The van der Waals surface area contributed by atoms with Crippen LogP contribution in [0.25, 0.3) is 11.4 Å². The van der Waals surface area contributed by atoms with Crippen LogP contribution in [0.1, 0.15) is 58.3 Å². The zero-order valence-corrected chi connectivity index (χ0v) is 21.2. The van der Waals surface area contributed by atoms with Crippen molar-refractivity contribution in [1.82, 2.24) is 30.6 Å². The largest absolute Gasteiger partial charge is 0.445 e. The Morgan fingerprint density at radius 2 is 2.10 bits per heavy atom. The van der Waals surface area contributed by atoms with Gasteiger partial charge < -0.3 is 15.4 Å². The minimum absolute atomic E-state index is 0.164. The molecule has 0 spiro atoms. The zero-order valence-electron chi connectivity index (χ0n) is 19.0. The van der Waals surface area contributed by atoms with E-state index in [1.54, 1.807) is 4.68 Å². The highest BCUT2D eigenvalue weighted by atomic mass is 127. The van der Waals surface area contributed by atoms with Crippen LogP contribution < -0.4 is 10.6 Å². The van der Waals surface area contributed by atoms with E-state index in [9.17, 15) is 4.79 Å². The summed E-state index contributed by atoms with van der Waals surface area (Å²) in [6.45, 7) is 9.09. The highest BCUT2D eigenvalue weighted by molar-refractivity contribution is 14.1. The molecule has 2 aromatic heterocycles. The van der Waals surface area contributed by atoms with Crippen LogP contribution in [-0.4, -0.2) is 44.3 Å². The summed E-state index contributed by atoms with van der Waals surface area (Å²) in [4.78, 5) is 17.0. The molecule has 170 valence electrons. The lowest BCUT2D eigenvalue weighted by atomic mass is 10.1. The van der Waals surface area contributed by atoms with E-state index in [0.29, 0.717) is 19.0 Å². The Balaban J connectivity index is 1.64. The lowest BCUT2D eigenvalue weighted by molar-refractivity contribution is 0.0826. The van der Waals surface area contributed by atoms with Crippen molar-refractivity contribution in [3.63, 3.8) is 0 Å². The molecule has 0 aromatic carbocycles. The summed E-state index contributed by atoms with van der Waals surface area (Å²) < 4.78 is 8.65. The molecule has 2 heterocycles. The molecule has 1 saturated carbocycles. The molecule has 0 saturated heterocycles. The predicted octanol–water partition coefficient (Wildman–Crippen LogP) is 3.83. The summed E-state index contributed by atoms with van der Waals surface area (Å²) >= 11 is 2.31. The lowest BCUT2D eigenvalue weighted by Crippen LogP contribution is -2.43. The van der Waals surface area contributed by atoms with Crippen LogP contribution in [0.5, 0.6) is 0 Å². The number of aromatic nitrogens is 4. The van der Waals surface area contributed by atoms with Crippen LogP contribution in [0, 0.1) is 9.49 Å². The molecule has 1 aliphatic rings. The van der Waals surface area contributed by atoms with E-state index in [1.807, 2.05) is 33.9 Å². The van der Waals surface area contributed by atoms with Crippen molar-refractivity contribution in [3.05, 3.63) is 27.1 Å². The van der Waals surface area contributed by atoms with Gasteiger partial charge in [-0.05, 0) is 74.3 Å². The number of carbonyl (C=O) groups excluding carboxylic acids is 1. The number of halogens is 1. The van der Waals surface area contributed by atoms with Gasteiger partial charge in [-0.3, -0.25) is 4.68 Å². The van der Waals surface area contributed by atoms with Gasteiger partial charge in [0.05, 0.1) is 17.1 Å². The second-order valence-corrected chi connectivity index (χ2v) is 10.4. The molecule has 9 heteroatoms. The molecule has 1 aliphatic carbocycles. The highest BCUT2D eigenvalue weighted by Crippen LogP contribution is 2.34. The van der Waals surface area contributed by atoms with Gasteiger partial charge in [-0.15, -0.1) is 5.10 Å². The maximum atomic E-state index is 12.2. The molecule has 0 unspecified atom stereocenters. The molecule has 31 heavy (non-hydrogen) atoms. The van der Waals surface area contributed by atoms with Gasteiger partial charge in [0.25, 0.3) is 0 Å². The minimum Gasteiger partial charge on any atom is -0.445 e. The van der Waals surface area contributed by atoms with E-state index in [-0.39, 0.29) is 17.7 Å². The molecule has 2 aromatic rings. The Bertz CT molecular complexity index is 904. The number of hydrogen-bond donors (Lipinski definition) is 2. The van der Waals surface area contributed by atoms with Crippen LogP contribution >= 0.6 is 22.6 Å². The van der Waals surface area contributed by atoms with E-state index in [4.69, 9.17) is 9.72 Å². The van der Waals surface area contributed by atoms with Gasteiger partial charge in [-0.1, -0.05) is 25.0 Å². The van der Waals surface area contributed by atoms with Crippen LogP contribution in [-0.2, 0) is 24.8 Å². The number of pyridine rings is 1. The van der Waals surface area contributed by atoms with Crippen LogP contribution in [0.3, 0.4) is 0 Å². The quantitative estimate of drug-likeness (QED) is 0.470. The van der Waals surface area contributed by atoms with Crippen molar-refractivity contribution >= 4 is 28.7 Å².